The number of aromatic nitrogens is 2. The maximum atomic E-state index is 14.0. The fourth-order valence-corrected chi connectivity index (χ4v) is 5.02. The van der Waals surface area contributed by atoms with Crippen LogP contribution in [0.15, 0.2) is 24.5 Å². The zero-order valence-electron chi connectivity index (χ0n) is 20.4. The lowest BCUT2D eigenvalue weighted by Crippen LogP contribution is -2.37. The van der Waals surface area contributed by atoms with Crippen LogP contribution in [0.1, 0.15) is 28.1 Å². The molecule has 2 aromatic heterocycles. The minimum Gasteiger partial charge on any atom is -0.488 e. The van der Waals surface area contributed by atoms with Crippen LogP contribution in [0.4, 0.5) is 15.9 Å². The number of benzene rings is 1. The monoisotopic (exact) mass is 539 g/mol. The van der Waals surface area contributed by atoms with E-state index in [4.69, 9.17) is 9.47 Å². The Morgan fingerprint density at radius 3 is 2.81 bits per heavy atom. The first-order valence-corrected chi connectivity index (χ1v) is 12.3. The van der Waals surface area contributed by atoms with Crippen molar-refractivity contribution in [3.63, 3.8) is 0 Å². The molecular formula is C24H31ClFN5O4S. The van der Waals surface area contributed by atoms with E-state index < -0.39 is 11.9 Å². The van der Waals surface area contributed by atoms with Crippen molar-refractivity contribution in [1.29, 1.82) is 0 Å². The third-order valence-electron chi connectivity index (χ3n) is 5.67. The number of thiophene rings is 1. The summed E-state index contributed by atoms with van der Waals surface area (Å²) in [6.45, 7) is 3.65. The number of aliphatic hydroxyl groups excluding tert-OH is 1. The van der Waals surface area contributed by atoms with Crippen LogP contribution in [-0.2, 0) is 4.74 Å². The van der Waals surface area contributed by atoms with Crippen molar-refractivity contribution in [2.75, 3.05) is 45.7 Å². The standard InChI is InChI=1S/C24H30FN5O4S.ClH/c1-14-20-22(29-18-5-4-15(25)10-19(18)34-17-6-8-33-9-7-17)27-13-28-24(20)35-21(14)23(32)26-11-16(31)12-30(2)3;/h4-5,10,13,16-17,31H,6-9,11-12H2,1-3H3,(H,26,32)(H,27,28,29);1H. The molecule has 1 aliphatic rings. The van der Waals surface area contributed by atoms with E-state index in [0.29, 0.717) is 52.1 Å². The van der Waals surface area contributed by atoms with Gasteiger partial charge in [0.1, 0.15) is 34.6 Å². The predicted molar refractivity (Wildman–Crippen MR) is 140 cm³/mol. The van der Waals surface area contributed by atoms with E-state index in [2.05, 4.69) is 20.6 Å². The van der Waals surface area contributed by atoms with Gasteiger partial charge in [-0.1, -0.05) is 0 Å². The van der Waals surface area contributed by atoms with Gasteiger partial charge < -0.3 is 30.1 Å². The molecule has 3 heterocycles. The predicted octanol–water partition coefficient (Wildman–Crippen LogP) is 3.51. The Bertz CT molecular complexity index is 1190. The zero-order chi connectivity index (χ0) is 24.9. The minimum atomic E-state index is -0.673. The molecule has 4 rings (SSSR count). The molecule has 1 aromatic carbocycles. The van der Waals surface area contributed by atoms with Crippen molar-refractivity contribution in [2.45, 2.75) is 32.0 Å². The Labute approximate surface area is 219 Å². The molecule has 1 saturated heterocycles. The van der Waals surface area contributed by atoms with E-state index in [1.165, 1.54) is 29.8 Å². The first kappa shape index (κ1) is 28.0. The van der Waals surface area contributed by atoms with Crippen LogP contribution >= 0.6 is 23.7 Å². The molecule has 9 nitrogen and oxygen atoms in total. The number of hydrogen-bond donors (Lipinski definition) is 3. The van der Waals surface area contributed by atoms with E-state index in [1.807, 2.05) is 25.9 Å². The second kappa shape index (κ2) is 12.6. The van der Waals surface area contributed by atoms with E-state index in [-0.39, 0.29) is 31.0 Å². The summed E-state index contributed by atoms with van der Waals surface area (Å²) < 4.78 is 25.5. The Morgan fingerprint density at radius 1 is 1.33 bits per heavy atom. The maximum Gasteiger partial charge on any atom is 0.261 e. The number of amides is 1. The summed E-state index contributed by atoms with van der Waals surface area (Å²) in [6, 6.07) is 4.32. The van der Waals surface area contributed by atoms with Gasteiger partial charge in [0.25, 0.3) is 5.91 Å². The average Bonchev–Trinajstić information content (AvgIpc) is 3.17. The van der Waals surface area contributed by atoms with Gasteiger partial charge in [-0.25, -0.2) is 14.4 Å². The van der Waals surface area contributed by atoms with Gasteiger partial charge >= 0.3 is 0 Å². The number of carbonyl (C=O) groups is 1. The van der Waals surface area contributed by atoms with Crippen LogP contribution in [0, 0.1) is 12.7 Å². The van der Waals surface area contributed by atoms with Crippen molar-refractivity contribution in [3.8, 4) is 5.75 Å². The topological polar surface area (TPSA) is 109 Å². The van der Waals surface area contributed by atoms with Crippen LogP contribution in [0.2, 0.25) is 0 Å². The van der Waals surface area contributed by atoms with Crippen molar-refractivity contribution in [3.05, 3.63) is 40.8 Å². The Kier molecular flexibility index (Phi) is 9.80. The van der Waals surface area contributed by atoms with Gasteiger partial charge in [-0.2, -0.15) is 0 Å². The molecule has 1 atom stereocenters. The normalized spacial score (nSPS) is 14.9. The molecule has 1 unspecified atom stereocenters. The molecule has 1 amide bonds. The van der Waals surface area contributed by atoms with Crippen LogP contribution in [0.25, 0.3) is 10.2 Å². The largest absolute Gasteiger partial charge is 0.488 e. The number of halogens is 2. The number of hydrogen-bond acceptors (Lipinski definition) is 9. The van der Waals surface area contributed by atoms with Gasteiger partial charge in [0.05, 0.1) is 35.3 Å². The van der Waals surface area contributed by atoms with Gasteiger partial charge in [-0.15, -0.1) is 23.7 Å². The first-order chi connectivity index (χ1) is 16.8. The second-order valence-electron chi connectivity index (χ2n) is 8.78. The SMILES string of the molecule is Cc1c(C(=O)NCC(O)CN(C)C)sc2ncnc(Nc3ccc(F)cc3OC3CCOCC3)c12.Cl. The molecular weight excluding hydrogens is 509 g/mol. The Hall–Kier alpha value is -2.57. The number of nitrogens with one attached hydrogen (secondary N) is 2. The Balaban J connectivity index is 0.00000361. The molecule has 0 saturated carbocycles. The van der Waals surface area contributed by atoms with Crippen molar-refractivity contribution in [1.82, 2.24) is 20.2 Å². The molecule has 3 N–H and O–H groups in total. The summed E-state index contributed by atoms with van der Waals surface area (Å²) in [7, 11) is 3.71. The molecule has 196 valence electrons. The highest BCUT2D eigenvalue weighted by atomic mass is 35.5. The number of aliphatic hydroxyl groups is 1. The zero-order valence-corrected chi connectivity index (χ0v) is 22.0. The maximum absolute atomic E-state index is 14.0. The number of ether oxygens (including phenoxy) is 2. The molecule has 36 heavy (non-hydrogen) atoms. The average molecular weight is 540 g/mol. The van der Waals surface area contributed by atoms with E-state index >= 15 is 0 Å². The number of fused-ring (bicyclic) bond motifs is 1. The van der Waals surface area contributed by atoms with Crippen molar-refractivity contribution >= 4 is 51.4 Å². The van der Waals surface area contributed by atoms with Gasteiger partial charge in [-0.05, 0) is 38.7 Å². The summed E-state index contributed by atoms with van der Waals surface area (Å²) >= 11 is 1.26. The number of aryl methyl sites for hydroxylation is 1. The Morgan fingerprint density at radius 2 is 2.08 bits per heavy atom. The second-order valence-corrected chi connectivity index (χ2v) is 9.78. The molecule has 0 bridgehead atoms. The lowest BCUT2D eigenvalue weighted by Gasteiger charge is -2.24. The molecule has 1 aliphatic heterocycles. The van der Waals surface area contributed by atoms with Crippen LogP contribution < -0.4 is 15.4 Å². The first-order valence-electron chi connectivity index (χ1n) is 11.5. The highest BCUT2D eigenvalue weighted by Gasteiger charge is 2.22. The number of likely N-dealkylation sites (N-methyl/N-ethyl adjacent to an activating group) is 1. The number of rotatable bonds is 9. The summed E-state index contributed by atoms with van der Waals surface area (Å²) in [4.78, 5) is 24.6. The summed E-state index contributed by atoms with van der Waals surface area (Å²) in [5.41, 5.74) is 1.29. The van der Waals surface area contributed by atoms with Gasteiger partial charge in [0.2, 0.25) is 0 Å². The smallest absolute Gasteiger partial charge is 0.261 e. The summed E-state index contributed by atoms with van der Waals surface area (Å²) in [5, 5.41) is 16.8. The van der Waals surface area contributed by atoms with Crippen LogP contribution in [0.5, 0.6) is 5.75 Å². The molecule has 12 heteroatoms. The van der Waals surface area contributed by atoms with Gasteiger partial charge in [0, 0.05) is 32.0 Å². The highest BCUT2D eigenvalue weighted by molar-refractivity contribution is 7.20. The molecule has 3 aromatic rings. The molecule has 0 radical (unpaired) electrons. The van der Waals surface area contributed by atoms with E-state index in [0.717, 1.165) is 18.4 Å². The van der Waals surface area contributed by atoms with Gasteiger partial charge in [-0.3, -0.25) is 4.79 Å². The summed E-state index contributed by atoms with van der Waals surface area (Å²) in [5.74, 6) is 0.218. The van der Waals surface area contributed by atoms with E-state index in [9.17, 15) is 14.3 Å². The molecule has 0 aliphatic carbocycles. The van der Waals surface area contributed by atoms with E-state index in [1.54, 1.807) is 6.07 Å². The van der Waals surface area contributed by atoms with Crippen LogP contribution in [-0.4, -0.2) is 78.5 Å². The number of anilines is 2. The number of carbonyl (C=O) groups excluding carboxylic acids is 1. The fraction of sp³-hybridized carbons (Fsp3) is 0.458. The summed E-state index contributed by atoms with van der Waals surface area (Å²) in [6.07, 6.45) is 2.16. The van der Waals surface area contributed by atoms with Crippen molar-refractivity contribution in [2.24, 2.45) is 0 Å². The van der Waals surface area contributed by atoms with Crippen molar-refractivity contribution < 1.29 is 23.8 Å². The molecule has 0 spiro atoms. The fourth-order valence-electron chi connectivity index (χ4n) is 3.96. The quantitative estimate of drug-likeness (QED) is 0.379. The molecule has 1 fully saturated rings. The third-order valence-corrected chi connectivity index (χ3v) is 6.86. The highest BCUT2D eigenvalue weighted by Crippen LogP contribution is 2.37. The van der Waals surface area contributed by atoms with Gasteiger partial charge in [0.15, 0.2) is 0 Å². The number of nitrogens with zero attached hydrogens (tertiary/aromatic N) is 3. The van der Waals surface area contributed by atoms with Crippen LogP contribution in [0.3, 0.4) is 0 Å². The third kappa shape index (κ3) is 6.80. The lowest BCUT2D eigenvalue weighted by molar-refractivity contribution is 0.0257. The minimum absolute atomic E-state index is 0. The lowest BCUT2D eigenvalue weighted by atomic mass is 10.1.